The van der Waals surface area contributed by atoms with Crippen molar-refractivity contribution in [2.24, 2.45) is 0 Å². The zero-order chi connectivity index (χ0) is 13.9. The van der Waals surface area contributed by atoms with E-state index in [1.807, 2.05) is 0 Å². The summed E-state index contributed by atoms with van der Waals surface area (Å²) in [5, 5.41) is 8.94. The molecule has 1 atom stereocenters. The lowest BCUT2D eigenvalue weighted by molar-refractivity contribution is -0.147. The van der Waals surface area contributed by atoms with Gasteiger partial charge in [0.2, 0.25) is 5.91 Å². The van der Waals surface area contributed by atoms with E-state index in [1.165, 1.54) is 26.1 Å². The predicted octanol–water partition coefficient (Wildman–Crippen LogP) is 1.95. The highest BCUT2D eigenvalue weighted by Crippen LogP contribution is 2.18. The molecule has 0 bridgehead atoms. The topological polar surface area (TPSA) is 57.6 Å². The average molecular weight is 274 g/mol. The van der Waals surface area contributed by atoms with Crippen molar-refractivity contribution in [3.8, 4) is 0 Å². The van der Waals surface area contributed by atoms with Crippen LogP contribution in [-0.2, 0) is 16.0 Å². The second kappa shape index (κ2) is 5.82. The molecule has 1 aromatic rings. The number of hydrogen-bond donors (Lipinski definition) is 1. The van der Waals surface area contributed by atoms with Gasteiger partial charge in [-0.05, 0) is 24.6 Å². The minimum absolute atomic E-state index is 0.0623. The van der Waals surface area contributed by atoms with E-state index in [2.05, 4.69) is 0 Å². The van der Waals surface area contributed by atoms with E-state index in [4.69, 9.17) is 16.7 Å². The molecule has 4 nitrogen and oxygen atoms in total. The molecule has 1 rings (SSSR count). The molecule has 0 fully saturated rings. The minimum atomic E-state index is -1.09. The Kier molecular flexibility index (Phi) is 4.67. The molecule has 0 aromatic heterocycles. The maximum atomic E-state index is 12.8. The molecule has 0 aliphatic heterocycles. The molecule has 18 heavy (non-hydrogen) atoms. The van der Waals surface area contributed by atoms with Crippen LogP contribution in [0.2, 0.25) is 5.02 Å². The number of benzene rings is 1. The molecule has 1 amide bonds. The highest BCUT2D eigenvalue weighted by molar-refractivity contribution is 6.31. The fourth-order valence-corrected chi connectivity index (χ4v) is 1.57. The largest absolute Gasteiger partial charge is 0.480 e. The Hall–Kier alpha value is -1.62. The first kappa shape index (κ1) is 14.4. The summed E-state index contributed by atoms with van der Waals surface area (Å²) in [7, 11) is 1.40. The number of carboxylic acids is 1. The Morgan fingerprint density at radius 3 is 2.61 bits per heavy atom. The summed E-state index contributed by atoms with van der Waals surface area (Å²) in [6, 6.07) is 2.81. The molecule has 6 heteroatoms. The summed E-state index contributed by atoms with van der Waals surface area (Å²) < 4.78 is 12.8. The van der Waals surface area contributed by atoms with E-state index >= 15 is 0 Å². The summed E-state index contributed by atoms with van der Waals surface area (Å²) in [5.74, 6) is -1.96. The number of carboxylic acid groups (broad SMARTS) is 1. The van der Waals surface area contributed by atoms with Crippen LogP contribution in [0.5, 0.6) is 0 Å². The number of nitrogens with zero attached hydrogens (tertiary/aromatic N) is 1. The van der Waals surface area contributed by atoms with E-state index in [9.17, 15) is 14.0 Å². The third kappa shape index (κ3) is 3.43. The zero-order valence-corrected chi connectivity index (χ0v) is 10.7. The summed E-state index contributed by atoms with van der Waals surface area (Å²) in [6.45, 7) is 1.41. The predicted molar refractivity (Wildman–Crippen MR) is 65.0 cm³/mol. The Balaban J connectivity index is 2.78. The van der Waals surface area contributed by atoms with Gasteiger partial charge in [0.05, 0.1) is 6.42 Å². The van der Waals surface area contributed by atoms with Crippen molar-refractivity contribution in [1.82, 2.24) is 4.90 Å². The van der Waals surface area contributed by atoms with Crippen LogP contribution in [0, 0.1) is 5.82 Å². The molecule has 0 aliphatic carbocycles. The molecule has 0 spiro atoms. The highest BCUT2D eigenvalue weighted by atomic mass is 35.5. The van der Waals surface area contributed by atoms with Crippen molar-refractivity contribution >= 4 is 23.5 Å². The Morgan fingerprint density at radius 1 is 1.50 bits per heavy atom. The molecule has 1 aromatic carbocycles. The standard InChI is InChI=1S/C12H13ClFNO3/c1-7(12(17)18)15(2)11(16)5-8-3-4-9(14)6-10(8)13/h3-4,6-7H,5H2,1-2H3,(H,17,18). The maximum Gasteiger partial charge on any atom is 0.326 e. The number of carbonyl (C=O) groups is 2. The van der Waals surface area contributed by atoms with Crippen molar-refractivity contribution in [2.45, 2.75) is 19.4 Å². The minimum Gasteiger partial charge on any atom is -0.480 e. The number of carbonyl (C=O) groups excluding carboxylic acids is 1. The molecule has 0 saturated heterocycles. The van der Waals surface area contributed by atoms with E-state index in [-0.39, 0.29) is 11.4 Å². The Bertz CT molecular complexity index is 478. The lowest BCUT2D eigenvalue weighted by Crippen LogP contribution is -2.41. The van der Waals surface area contributed by atoms with E-state index in [0.717, 1.165) is 11.0 Å². The van der Waals surface area contributed by atoms with Gasteiger partial charge in [0, 0.05) is 12.1 Å². The molecule has 0 saturated carbocycles. The van der Waals surface area contributed by atoms with Gasteiger partial charge in [-0.25, -0.2) is 9.18 Å². The van der Waals surface area contributed by atoms with Crippen molar-refractivity contribution in [3.63, 3.8) is 0 Å². The smallest absolute Gasteiger partial charge is 0.326 e. The highest BCUT2D eigenvalue weighted by Gasteiger charge is 2.22. The van der Waals surface area contributed by atoms with Crippen LogP contribution in [0.4, 0.5) is 4.39 Å². The van der Waals surface area contributed by atoms with Crippen LogP contribution in [0.3, 0.4) is 0 Å². The monoisotopic (exact) mass is 273 g/mol. The number of rotatable bonds is 4. The van der Waals surface area contributed by atoms with Crippen LogP contribution in [-0.4, -0.2) is 35.0 Å². The molecule has 1 N–H and O–H groups in total. The lowest BCUT2D eigenvalue weighted by Gasteiger charge is -2.21. The van der Waals surface area contributed by atoms with Gasteiger partial charge < -0.3 is 10.0 Å². The van der Waals surface area contributed by atoms with Gasteiger partial charge in [-0.1, -0.05) is 17.7 Å². The van der Waals surface area contributed by atoms with Gasteiger partial charge in [0.25, 0.3) is 0 Å². The van der Waals surface area contributed by atoms with Crippen LogP contribution < -0.4 is 0 Å². The fraction of sp³-hybridized carbons (Fsp3) is 0.333. The first-order valence-corrected chi connectivity index (χ1v) is 5.63. The average Bonchev–Trinajstić information content (AvgIpc) is 2.30. The van der Waals surface area contributed by atoms with E-state index in [0.29, 0.717) is 5.56 Å². The van der Waals surface area contributed by atoms with Crippen molar-refractivity contribution < 1.29 is 19.1 Å². The molecule has 0 radical (unpaired) electrons. The third-order valence-electron chi connectivity index (χ3n) is 2.69. The van der Waals surface area contributed by atoms with E-state index in [1.54, 1.807) is 0 Å². The van der Waals surface area contributed by atoms with Crippen molar-refractivity contribution in [2.75, 3.05) is 7.05 Å². The summed E-state index contributed by atoms with van der Waals surface area (Å²) in [4.78, 5) is 23.7. The number of halogens is 2. The molecule has 0 heterocycles. The fourth-order valence-electron chi connectivity index (χ4n) is 1.33. The molecule has 98 valence electrons. The normalized spacial score (nSPS) is 12.0. The van der Waals surface area contributed by atoms with Gasteiger partial charge in [0.15, 0.2) is 0 Å². The molecular formula is C12H13ClFNO3. The van der Waals surface area contributed by atoms with Gasteiger partial charge in [-0.15, -0.1) is 0 Å². The number of amides is 1. The van der Waals surface area contributed by atoms with Gasteiger partial charge in [0.1, 0.15) is 11.9 Å². The van der Waals surface area contributed by atoms with Gasteiger partial charge in [-0.2, -0.15) is 0 Å². The van der Waals surface area contributed by atoms with Crippen LogP contribution >= 0.6 is 11.6 Å². The van der Waals surface area contributed by atoms with Crippen LogP contribution in [0.1, 0.15) is 12.5 Å². The second-order valence-electron chi connectivity index (χ2n) is 3.93. The maximum absolute atomic E-state index is 12.8. The number of aliphatic carboxylic acids is 1. The SMILES string of the molecule is CC(C(=O)O)N(C)C(=O)Cc1ccc(F)cc1Cl. The Labute approximate surface area is 109 Å². The number of hydrogen-bond acceptors (Lipinski definition) is 2. The van der Waals surface area contributed by atoms with Crippen molar-refractivity contribution in [3.05, 3.63) is 34.6 Å². The third-order valence-corrected chi connectivity index (χ3v) is 3.04. The first-order chi connectivity index (χ1) is 8.32. The Morgan fingerprint density at radius 2 is 2.11 bits per heavy atom. The second-order valence-corrected chi connectivity index (χ2v) is 4.34. The lowest BCUT2D eigenvalue weighted by atomic mass is 10.1. The number of likely N-dealkylation sites (N-methyl/N-ethyl adjacent to an activating group) is 1. The first-order valence-electron chi connectivity index (χ1n) is 5.25. The molecule has 1 unspecified atom stereocenters. The molecular weight excluding hydrogens is 261 g/mol. The summed E-state index contributed by atoms with van der Waals surface area (Å²) in [6.07, 6.45) is -0.0623. The van der Waals surface area contributed by atoms with Gasteiger partial charge in [-0.3, -0.25) is 4.79 Å². The van der Waals surface area contributed by atoms with E-state index < -0.39 is 23.7 Å². The zero-order valence-electron chi connectivity index (χ0n) is 9.98. The quantitative estimate of drug-likeness (QED) is 0.912. The van der Waals surface area contributed by atoms with Gasteiger partial charge >= 0.3 is 5.97 Å². The molecule has 0 aliphatic rings. The van der Waals surface area contributed by atoms with Crippen LogP contribution in [0.25, 0.3) is 0 Å². The summed E-state index contributed by atoms with van der Waals surface area (Å²) in [5.41, 5.74) is 0.465. The van der Waals surface area contributed by atoms with Crippen LogP contribution in [0.15, 0.2) is 18.2 Å². The van der Waals surface area contributed by atoms with Crippen molar-refractivity contribution in [1.29, 1.82) is 0 Å². The summed E-state index contributed by atoms with van der Waals surface area (Å²) >= 11 is 5.79.